The smallest absolute Gasteiger partial charge is 0.320 e. The molecule has 0 amide bonds. The van der Waals surface area contributed by atoms with Gasteiger partial charge in [0.05, 0.1) is 18.9 Å². The lowest BCUT2D eigenvalue weighted by atomic mass is 9.84. The lowest BCUT2D eigenvalue weighted by Gasteiger charge is -2.34. The average molecular weight is 367 g/mol. The number of hydrogen-bond donors (Lipinski definition) is 0. The van der Waals surface area contributed by atoms with Crippen molar-refractivity contribution >= 4 is 16.0 Å². The molecular weight excluding hydrogens is 332 g/mol. The number of ether oxygens (including phenoxy) is 2. The summed E-state index contributed by atoms with van der Waals surface area (Å²) in [5.74, 6) is -0.363. The second kappa shape index (κ2) is 9.70. The molecule has 0 spiro atoms. The van der Waals surface area contributed by atoms with Crippen LogP contribution in [-0.4, -0.2) is 82.9 Å². The lowest BCUT2D eigenvalue weighted by molar-refractivity contribution is -0.152. The van der Waals surface area contributed by atoms with E-state index in [4.69, 9.17) is 9.47 Å². The fraction of sp³-hybridized carbons (Fsp3) is 0.938. The molecule has 24 heavy (non-hydrogen) atoms. The topological polar surface area (TPSA) is 76.2 Å². The molecule has 0 aliphatic carbocycles. The molecule has 0 bridgehead atoms. The van der Waals surface area contributed by atoms with Gasteiger partial charge in [-0.25, -0.2) is 12.7 Å². The minimum absolute atomic E-state index is 0.0245. The van der Waals surface area contributed by atoms with Gasteiger partial charge in [-0.1, -0.05) is 20.8 Å². The van der Waals surface area contributed by atoms with Crippen molar-refractivity contribution in [3.05, 3.63) is 0 Å². The summed E-state index contributed by atoms with van der Waals surface area (Å²) in [5.41, 5.74) is -0.0600. The SMILES string of the molecule is CCC(C)(C)[C@H](C)O[C@H](COC(=O)CN(C)C)CN(C)S(C)(=O)=O. The van der Waals surface area contributed by atoms with Crippen LogP contribution < -0.4 is 0 Å². The highest BCUT2D eigenvalue weighted by molar-refractivity contribution is 7.88. The van der Waals surface area contributed by atoms with Crippen molar-refractivity contribution in [1.29, 1.82) is 0 Å². The second-order valence-electron chi connectivity index (χ2n) is 7.21. The van der Waals surface area contributed by atoms with E-state index < -0.39 is 16.1 Å². The number of esters is 1. The van der Waals surface area contributed by atoms with Gasteiger partial charge in [-0.15, -0.1) is 0 Å². The molecule has 0 heterocycles. The zero-order valence-electron chi connectivity index (χ0n) is 16.3. The van der Waals surface area contributed by atoms with Crippen LogP contribution in [0.3, 0.4) is 0 Å². The largest absolute Gasteiger partial charge is 0.462 e. The Bertz CT molecular complexity index is 491. The Kier molecular flexibility index (Phi) is 9.41. The molecule has 144 valence electrons. The predicted octanol–water partition coefficient (Wildman–Crippen LogP) is 1.19. The molecule has 2 atom stereocenters. The Balaban J connectivity index is 4.92. The van der Waals surface area contributed by atoms with E-state index in [0.29, 0.717) is 0 Å². The van der Waals surface area contributed by atoms with Crippen LogP contribution in [0.5, 0.6) is 0 Å². The van der Waals surface area contributed by atoms with Crippen molar-refractivity contribution in [2.24, 2.45) is 5.41 Å². The summed E-state index contributed by atoms with van der Waals surface area (Å²) in [4.78, 5) is 13.4. The fourth-order valence-electron chi connectivity index (χ4n) is 1.81. The van der Waals surface area contributed by atoms with Crippen LogP contribution in [0.4, 0.5) is 0 Å². The van der Waals surface area contributed by atoms with E-state index in [1.807, 2.05) is 6.92 Å². The number of hydrogen-bond acceptors (Lipinski definition) is 6. The summed E-state index contributed by atoms with van der Waals surface area (Å²) >= 11 is 0. The van der Waals surface area contributed by atoms with Crippen LogP contribution in [-0.2, 0) is 24.3 Å². The zero-order valence-corrected chi connectivity index (χ0v) is 17.1. The van der Waals surface area contributed by atoms with Gasteiger partial charge in [0.25, 0.3) is 0 Å². The van der Waals surface area contributed by atoms with Crippen molar-refractivity contribution in [3.63, 3.8) is 0 Å². The molecule has 0 unspecified atom stereocenters. The third kappa shape index (κ3) is 8.96. The zero-order chi connectivity index (χ0) is 19.1. The van der Waals surface area contributed by atoms with Gasteiger partial charge in [0.2, 0.25) is 10.0 Å². The first kappa shape index (κ1) is 23.3. The maximum Gasteiger partial charge on any atom is 0.320 e. The number of carbonyl (C=O) groups excluding carboxylic acids is 1. The predicted molar refractivity (Wildman–Crippen MR) is 95.4 cm³/mol. The first-order valence-electron chi connectivity index (χ1n) is 8.16. The number of rotatable bonds is 11. The van der Waals surface area contributed by atoms with Gasteiger partial charge in [0.15, 0.2) is 0 Å². The Morgan fingerprint density at radius 1 is 1.21 bits per heavy atom. The Morgan fingerprint density at radius 2 is 1.75 bits per heavy atom. The van der Waals surface area contributed by atoms with Gasteiger partial charge < -0.3 is 9.47 Å². The lowest BCUT2D eigenvalue weighted by Crippen LogP contribution is -2.42. The van der Waals surface area contributed by atoms with Crippen molar-refractivity contribution in [2.45, 2.75) is 46.3 Å². The van der Waals surface area contributed by atoms with Crippen LogP contribution in [0.25, 0.3) is 0 Å². The van der Waals surface area contributed by atoms with Crippen LogP contribution in [0.15, 0.2) is 0 Å². The number of sulfonamides is 1. The summed E-state index contributed by atoms with van der Waals surface area (Å²) < 4.78 is 35.8. The Labute approximate surface area is 147 Å². The third-order valence-corrected chi connectivity index (χ3v) is 5.59. The molecule has 0 radical (unpaired) electrons. The molecule has 0 aliphatic heterocycles. The molecule has 8 heteroatoms. The first-order chi connectivity index (χ1) is 10.8. The maximum atomic E-state index is 11.7. The Morgan fingerprint density at radius 3 is 2.17 bits per heavy atom. The molecule has 0 saturated carbocycles. The highest BCUT2D eigenvalue weighted by atomic mass is 32.2. The molecule has 0 aliphatic rings. The van der Waals surface area contributed by atoms with E-state index >= 15 is 0 Å². The molecule has 0 N–H and O–H groups in total. The van der Waals surface area contributed by atoms with Gasteiger partial charge in [-0.2, -0.15) is 0 Å². The molecule has 0 aromatic carbocycles. The normalized spacial score (nSPS) is 15.6. The van der Waals surface area contributed by atoms with Gasteiger partial charge in [0, 0.05) is 13.6 Å². The van der Waals surface area contributed by atoms with E-state index in [1.54, 1.807) is 19.0 Å². The van der Waals surface area contributed by atoms with Crippen LogP contribution in [0.2, 0.25) is 0 Å². The monoisotopic (exact) mass is 366 g/mol. The van der Waals surface area contributed by atoms with Crippen molar-refractivity contribution in [2.75, 3.05) is 47.1 Å². The summed E-state index contributed by atoms with van der Waals surface area (Å²) in [6.45, 7) is 8.55. The van der Waals surface area contributed by atoms with E-state index in [2.05, 4.69) is 20.8 Å². The van der Waals surface area contributed by atoms with Crippen LogP contribution in [0, 0.1) is 5.41 Å². The second-order valence-corrected chi connectivity index (χ2v) is 9.30. The van der Waals surface area contributed by atoms with E-state index in [9.17, 15) is 13.2 Å². The minimum Gasteiger partial charge on any atom is -0.462 e. The van der Waals surface area contributed by atoms with Gasteiger partial charge in [-0.05, 0) is 32.9 Å². The van der Waals surface area contributed by atoms with Crippen molar-refractivity contribution in [3.8, 4) is 0 Å². The quantitative estimate of drug-likeness (QED) is 0.511. The summed E-state index contributed by atoms with van der Waals surface area (Å²) in [7, 11) is 1.71. The van der Waals surface area contributed by atoms with Gasteiger partial charge >= 0.3 is 5.97 Å². The summed E-state index contributed by atoms with van der Waals surface area (Å²) in [5, 5.41) is 0. The van der Waals surface area contributed by atoms with Crippen LogP contribution >= 0.6 is 0 Å². The molecule has 0 aromatic rings. The highest BCUT2D eigenvalue weighted by Gasteiger charge is 2.29. The van der Waals surface area contributed by atoms with Gasteiger partial charge in [-0.3, -0.25) is 9.69 Å². The van der Waals surface area contributed by atoms with E-state index in [1.165, 1.54) is 11.4 Å². The minimum atomic E-state index is -3.33. The molecule has 0 fully saturated rings. The standard InChI is InChI=1S/C16H34N2O5S/c1-9-16(3,4)13(2)23-14(10-18(7)24(8,20)21)12-22-15(19)11-17(5)6/h13-14H,9-12H2,1-8H3/t13-,14-/m0/s1. The maximum absolute atomic E-state index is 11.7. The third-order valence-electron chi connectivity index (χ3n) is 4.31. The first-order valence-corrected chi connectivity index (χ1v) is 10.0. The average Bonchev–Trinajstić information content (AvgIpc) is 2.42. The molecule has 0 saturated heterocycles. The fourth-order valence-corrected chi connectivity index (χ4v) is 2.24. The van der Waals surface area contributed by atoms with Crippen molar-refractivity contribution in [1.82, 2.24) is 9.21 Å². The number of carbonyl (C=O) groups is 1. The molecule has 7 nitrogen and oxygen atoms in total. The van der Waals surface area contributed by atoms with E-state index in [0.717, 1.165) is 12.7 Å². The van der Waals surface area contributed by atoms with E-state index in [-0.39, 0.29) is 37.2 Å². The highest BCUT2D eigenvalue weighted by Crippen LogP contribution is 2.28. The Hall–Kier alpha value is -0.700. The van der Waals surface area contributed by atoms with Gasteiger partial charge in [0.1, 0.15) is 12.7 Å². The van der Waals surface area contributed by atoms with Crippen molar-refractivity contribution < 1.29 is 22.7 Å². The number of likely N-dealkylation sites (N-methyl/N-ethyl adjacent to an activating group) is 2. The molecular formula is C16H34N2O5S. The summed E-state index contributed by atoms with van der Waals surface area (Å²) in [6, 6.07) is 0. The molecule has 0 rings (SSSR count). The van der Waals surface area contributed by atoms with Crippen LogP contribution in [0.1, 0.15) is 34.1 Å². The molecule has 0 aromatic heterocycles. The number of nitrogens with zero attached hydrogens (tertiary/aromatic N) is 2. The summed E-state index contributed by atoms with van der Waals surface area (Å²) in [6.07, 6.45) is 1.44.